The minimum absolute atomic E-state index is 0.322. The normalized spacial score (nSPS) is 10.6. The summed E-state index contributed by atoms with van der Waals surface area (Å²) in [5.41, 5.74) is 6.22. The van der Waals surface area contributed by atoms with E-state index in [1.165, 1.54) is 0 Å². The molecule has 0 aromatic carbocycles. The van der Waals surface area contributed by atoms with Crippen LogP contribution in [0.25, 0.3) is 0 Å². The van der Waals surface area contributed by atoms with Crippen LogP contribution in [-0.2, 0) is 20.8 Å². The van der Waals surface area contributed by atoms with Gasteiger partial charge in [0, 0.05) is 19.9 Å². The number of ether oxygens (including phenoxy) is 4. The zero-order valence-corrected chi connectivity index (χ0v) is 11.2. The first kappa shape index (κ1) is 15.8. The Morgan fingerprint density at radius 2 is 1.74 bits per heavy atom. The highest BCUT2D eigenvalue weighted by atomic mass is 16.6. The molecule has 7 heteroatoms. The molecule has 1 aromatic rings. The van der Waals surface area contributed by atoms with E-state index in [0.29, 0.717) is 52.2 Å². The van der Waals surface area contributed by atoms with Crippen LogP contribution in [-0.4, -0.2) is 56.7 Å². The van der Waals surface area contributed by atoms with Gasteiger partial charge in [-0.2, -0.15) is 4.98 Å². The molecule has 1 aromatic heterocycles. The predicted octanol–water partition coefficient (Wildman–Crippen LogP) is -0.00630. The van der Waals surface area contributed by atoms with E-state index in [2.05, 4.69) is 9.97 Å². The number of aromatic nitrogens is 2. The van der Waals surface area contributed by atoms with Crippen molar-refractivity contribution in [3.05, 3.63) is 18.0 Å². The second-order valence-electron chi connectivity index (χ2n) is 3.60. The monoisotopic (exact) mass is 271 g/mol. The van der Waals surface area contributed by atoms with Gasteiger partial charge in [-0.1, -0.05) is 0 Å². The van der Waals surface area contributed by atoms with E-state index < -0.39 is 0 Å². The molecule has 0 amide bonds. The van der Waals surface area contributed by atoms with Crippen molar-refractivity contribution in [2.45, 2.75) is 6.54 Å². The number of rotatable bonds is 11. The van der Waals surface area contributed by atoms with Crippen LogP contribution in [0.4, 0.5) is 0 Å². The fourth-order valence-corrected chi connectivity index (χ4v) is 1.22. The minimum atomic E-state index is 0.322. The molecule has 2 N–H and O–H groups in total. The second kappa shape index (κ2) is 10.6. The fourth-order valence-electron chi connectivity index (χ4n) is 1.22. The average molecular weight is 271 g/mol. The molecule has 0 spiro atoms. The highest BCUT2D eigenvalue weighted by Gasteiger charge is 1.98. The first-order chi connectivity index (χ1) is 9.36. The maximum atomic E-state index is 5.47. The standard InChI is InChI=1S/C12H21N3O4/c1-16-4-5-17-6-7-18-8-9-19-12-14-3-2-11(10-13)15-12/h2-3H,4-10,13H2,1H3. The Hall–Kier alpha value is -1.28. The fraction of sp³-hybridized carbons (Fsp3) is 0.667. The van der Waals surface area contributed by atoms with Crippen LogP contribution >= 0.6 is 0 Å². The third kappa shape index (κ3) is 7.68. The number of nitrogens with zero attached hydrogens (tertiary/aromatic N) is 2. The van der Waals surface area contributed by atoms with E-state index in [1.54, 1.807) is 19.4 Å². The first-order valence-electron chi connectivity index (χ1n) is 6.16. The van der Waals surface area contributed by atoms with Crippen LogP contribution in [0.1, 0.15) is 5.69 Å². The van der Waals surface area contributed by atoms with Crippen molar-refractivity contribution in [1.82, 2.24) is 9.97 Å². The van der Waals surface area contributed by atoms with E-state index in [1.807, 2.05) is 0 Å². The summed E-state index contributed by atoms with van der Waals surface area (Å²) in [4.78, 5) is 8.08. The molecule has 1 heterocycles. The van der Waals surface area contributed by atoms with E-state index in [9.17, 15) is 0 Å². The SMILES string of the molecule is COCCOCCOCCOc1nccc(CN)n1. The van der Waals surface area contributed by atoms with Crippen LogP contribution in [0.3, 0.4) is 0 Å². The summed E-state index contributed by atoms with van der Waals surface area (Å²) >= 11 is 0. The topological polar surface area (TPSA) is 88.7 Å². The number of methoxy groups -OCH3 is 1. The van der Waals surface area contributed by atoms with Crippen molar-refractivity contribution < 1.29 is 18.9 Å². The lowest BCUT2D eigenvalue weighted by atomic mass is 10.4. The van der Waals surface area contributed by atoms with Crippen molar-refractivity contribution in [2.75, 3.05) is 46.8 Å². The summed E-state index contributed by atoms with van der Waals surface area (Å²) in [6.07, 6.45) is 1.62. The maximum absolute atomic E-state index is 5.47. The molecule has 1 rings (SSSR count). The molecule has 0 saturated heterocycles. The van der Waals surface area contributed by atoms with Gasteiger partial charge in [-0.25, -0.2) is 4.98 Å². The van der Waals surface area contributed by atoms with Gasteiger partial charge in [0.2, 0.25) is 0 Å². The van der Waals surface area contributed by atoms with Crippen molar-refractivity contribution in [3.8, 4) is 6.01 Å². The summed E-state index contributed by atoms with van der Waals surface area (Å²) < 4.78 is 20.7. The maximum Gasteiger partial charge on any atom is 0.316 e. The molecular weight excluding hydrogens is 250 g/mol. The number of nitrogens with two attached hydrogens (primary N) is 1. The number of hydrogen-bond acceptors (Lipinski definition) is 7. The lowest BCUT2D eigenvalue weighted by Crippen LogP contribution is -2.13. The molecule has 19 heavy (non-hydrogen) atoms. The summed E-state index contributed by atoms with van der Waals surface area (Å²) in [5, 5.41) is 0. The summed E-state index contributed by atoms with van der Waals surface area (Å²) in [7, 11) is 1.64. The summed E-state index contributed by atoms with van der Waals surface area (Å²) in [5.74, 6) is 0. The molecule has 0 saturated carbocycles. The Kier molecular flexibility index (Phi) is 8.82. The lowest BCUT2D eigenvalue weighted by molar-refractivity contribution is 0.0173. The van der Waals surface area contributed by atoms with Gasteiger partial charge in [0.1, 0.15) is 6.61 Å². The van der Waals surface area contributed by atoms with Crippen molar-refractivity contribution in [3.63, 3.8) is 0 Å². The van der Waals surface area contributed by atoms with Crippen LogP contribution in [0.15, 0.2) is 12.3 Å². The van der Waals surface area contributed by atoms with Crippen molar-refractivity contribution in [2.24, 2.45) is 5.73 Å². The molecule has 0 aliphatic rings. The van der Waals surface area contributed by atoms with Gasteiger partial charge in [0.25, 0.3) is 0 Å². The van der Waals surface area contributed by atoms with E-state index in [4.69, 9.17) is 24.7 Å². The Morgan fingerprint density at radius 1 is 1.05 bits per heavy atom. The van der Waals surface area contributed by atoms with Crippen LogP contribution in [0.2, 0.25) is 0 Å². The summed E-state index contributed by atoms with van der Waals surface area (Å²) in [6, 6.07) is 2.07. The largest absolute Gasteiger partial charge is 0.461 e. The quantitative estimate of drug-likeness (QED) is 0.566. The van der Waals surface area contributed by atoms with Gasteiger partial charge in [0.15, 0.2) is 0 Å². The molecule has 0 bridgehead atoms. The van der Waals surface area contributed by atoms with Gasteiger partial charge >= 0.3 is 6.01 Å². The molecule has 0 unspecified atom stereocenters. The second-order valence-corrected chi connectivity index (χ2v) is 3.60. The highest BCUT2D eigenvalue weighted by Crippen LogP contribution is 2.01. The molecular formula is C12H21N3O4. The molecule has 7 nitrogen and oxygen atoms in total. The minimum Gasteiger partial charge on any atom is -0.461 e. The van der Waals surface area contributed by atoms with E-state index >= 15 is 0 Å². The third-order valence-corrected chi connectivity index (χ3v) is 2.16. The smallest absolute Gasteiger partial charge is 0.316 e. The van der Waals surface area contributed by atoms with Gasteiger partial charge in [-0.05, 0) is 6.07 Å². The molecule has 0 fully saturated rings. The zero-order valence-electron chi connectivity index (χ0n) is 11.2. The zero-order chi connectivity index (χ0) is 13.8. The first-order valence-corrected chi connectivity index (χ1v) is 6.16. The molecule has 108 valence electrons. The van der Waals surface area contributed by atoms with Gasteiger partial charge < -0.3 is 24.7 Å². The number of hydrogen-bond donors (Lipinski definition) is 1. The third-order valence-electron chi connectivity index (χ3n) is 2.16. The van der Waals surface area contributed by atoms with Gasteiger partial charge in [-0.3, -0.25) is 0 Å². The van der Waals surface area contributed by atoms with Gasteiger partial charge in [0.05, 0.1) is 38.7 Å². The Labute approximate surface area is 113 Å². The van der Waals surface area contributed by atoms with Crippen molar-refractivity contribution in [1.29, 1.82) is 0 Å². The van der Waals surface area contributed by atoms with E-state index in [-0.39, 0.29) is 0 Å². The van der Waals surface area contributed by atoms with Crippen molar-refractivity contribution >= 4 is 0 Å². The summed E-state index contributed by atoms with van der Waals surface area (Å²) in [6.45, 7) is 3.47. The highest BCUT2D eigenvalue weighted by molar-refractivity contribution is 5.04. The predicted molar refractivity (Wildman–Crippen MR) is 68.9 cm³/mol. The Balaban J connectivity index is 1.98. The van der Waals surface area contributed by atoms with Crippen LogP contribution in [0.5, 0.6) is 6.01 Å². The van der Waals surface area contributed by atoms with E-state index in [0.717, 1.165) is 5.69 Å². The Bertz CT molecular complexity index is 339. The van der Waals surface area contributed by atoms with Gasteiger partial charge in [-0.15, -0.1) is 0 Å². The molecule has 0 aliphatic heterocycles. The molecule has 0 aliphatic carbocycles. The lowest BCUT2D eigenvalue weighted by Gasteiger charge is -2.07. The van der Waals surface area contributed by atoms with Crippen LogP contribution in [0, 0.1) is 0 Å². The molecule has 0 atom stereocenters. The Morgan fingerprint density at radius 3 is 2.42 bits per heavy atom. The molecule has 0 radical (unpaired) electrons. The average Bonchev–Trinajstić information content (AvgIpc) is 2.46. The van der Waals surface area contributed by atoms with Crippen LogP contribution < -0.4 is 10.5 Å².